The van der Waals surface area contributed by atoms with Gasteiger partial charge < -0.3 is 59.3 Å². The molecule has 288 valence electrons. The predicted molar refractivity (Wildman–Crippen MR) is 181 cm³/mol. The molecule has 3 heterocycles. The molecule has 7 unspecified atom stereocenters. The van der Waals surface area contributed by atoms with Crippen molar-refractivity contribution in [2.45, 2.75) is 186 Å². The number of methoxy groups -OCH3 is 1. The van der Waals surface area contributed by atoms with Crippen LogP contribution < -0.4 is 5.32 Å². The molecule has 3 aliphatic heterocycles. The Kier molecular flexibility index (Phi) is 14.5. The van der Waals surface area contributed by atoms with Gasteiger partial charge in [-0.25, -0.2) is 0 Å². The van der Waals surface area contributed by atoms with E-state index in [1.807, 2.05) is 20.9 Å². The van der Waals surface area contributed by atoms with Gasteiger partial charge in [0.2, 0.25) is 0 Å². The second kappa shape index (κ2) is 16.8. The lowest BCUT2D eigenvalue weighted by atomic mass is 9.73. The number of rotatable bonds is 7. The number of aliphatic hydroxyl groups is 5. The SMILES string of the molecule is CC[C@H]1OC(=O)[C@H](C)[C@@H](OC2CC(C)(OC)C(O)C(C)O2)[C@H](C)[C@@H](OC2CC(NC)CC(C)O2)[C@@](C)(O)C[C@@H](C)[C@H](O)[C@H](C)[C@@H](O)[C@]1(C)O. The number of cyclic esters (lactones) is 1. The molecular weight excluding hydrogens is 638 g/mol. The Labute approximate surface area is 293 Å². The molecule has 3 rings (SSSR count). The second-order valence-electron chi connectivity index (χ2n) is 16.0. The van der Waals surface area contributed by atoms with Gasteiger partial charge in [0.25, 0.3) is 0 Å². The van der Waals surface area contributed by atoms with Gasteiger partial charge in [0.15, 0.2) is 12.6 Å². The van der Waals surface area contributed by atoms with E-state index in [2.05, 4.69) is 5.32 Å². The van der Waals surface area contributed by atoms with Gasteiger partial charge in [0, 0.05) is 37.8 Å². The molecule has 0 aromatic carbocycles. The first-order valence-corrected chi connectivity index (χ1v) is 18.2. The topological polar surface area (TPSA) is 186 Å². The summed E-state index contributed by atoms with van der Waals surface area (Å²) in [6, 6.07) is 0.116. The van der Waals surface area contributed by atoms with Crippen molar-refractivity contribution in [1.82, 2.24) is 5.32 Å². The van der Waals surface area contributed by atoms with Crippen LogP contribution in [0.15, 0.2) is 0 Å². The Bertz CT molecular complexity index is 1060. The standard InChI is InChI=1S/C36H67NO12/c1-13-25-36(10,43)30(39)20(4)28(38)18(2)16-34(8,42)32(49-26-15-24(37-11)14-19(3)45-26)21(5)29(22(6)33(41)47-25)48-27-17-35(9,44-12)31(40)23(7)46-27/h18-32,37-40,42-43H,13-17H2,1-12H3/t18-,19?,20+,21+,22-,23?,24?,25-,26?,27?,28+,29+,30-,31?,32-,34+,35?,36-/m1/s1. The quantitative estimate of drug-likeness (QED) is 0.212. The molecule has 0 aromatic heterocycles. The van der Waals surface area contributed by atoms with Gasteiger partial charge in [-0.2, -0.15) is 0 Å². The van der Waals surface area contributed by atoms with Crippen molar-refractivity contribution in [3.05, 3.63) is 0 Å². The molecule has 49 heavy (non-hydrogen) atoms. The molecule has 13 nitrogen and oxygen atoms in total. The van der Waals surface area contributed by atoms with Crippen molar-refractivity contribution in [3.63, 3.8) is 0 Å². The van der Waals surface area contributed by atoms with Crippen LogP contribution in [0.1, 0.15) is 101 Å². The smallest absolute Gasteiger partial charge is 0.311 e. The third kappa shape index (κ3) is 9.53. The molecule has 0 aromatic rings. The average molecular weight is 706 g/mol. The Balaban J connectivity index is 2.14. The maximum Gasteiger partial charge on any atom is 0.311 e. The Morgan fingerprint density at radius 3 is 2.08 bits per heavy atom. The van der Waals surface area contributed by atoms with E-state index in [4.69, 9.17) is 28.4 Å². The van der Waals surface area contributed by atoms with E-state index in [-0.39, 0.29) is 31.4 Å². The van der Waals surface area contributed by atoms with Crippen molar-refractivity contribution in [2.75, 3.05) is 14.2 Å². The zero-order chi connectivity index (χ0) is 37.2. The van der Waals surface area contributed by atoms with E-state index in [0.717, 1.165) is 6.42 Å². The van der Waals surface area contributed by atoms with Crippen LogP contribution >= 0.6 is 0 Å². The number of carbonyl (C=O) groups is 1. The van der Waals surface area contributed by atoms with Gasteiger partial charge in [-0.1, -0.05) is 27.7 Å². The average Bonchev–Trinajstić information content (AvgIpc) is 3.04. The minimum atomic E-state index is -1.90. The number of carbonyl (C=O) groups excluding carboxylic acids is 1. The molecule has 6 N–H and O–H groups in total. The van der Waals surface area contributed by atoms with E-state index in [1.165, 1.54) is 14.0 Å². The maximum atomic E-state index is 14.0. The third-order valence-electron chi connectivity index (χ3n) is 11.7. The highest BCUT2D eigenvalue weighted by atomic mass is 16.7. The summed E-state index contributed by atoms with van der Waals surface area (Å²) in [6.45, 7) is 17.1. The fraction of sp³-hybridized carbons (Fsp3) is 0.972. The molecule has 13 heteroatoms. The zero-order valence-corrected chi connectivity index (χ0v) is 31.8. The first-order chi connectivity index (χ1) is 22.6. The van der Waals surface area contributed by atoms with Gasteiger partial charge in [-0.05, 0) is 73.8 Å². The molecule has 0 aliphatic carbocycles. The van der Waals surface area contributed by atoms with Crippen LogP contribution in [-0.4, -0.2) is 130 Å². The zero-order valence-electron chi connectivity index (χ0n) is 31.8. The van der Waals surface area contributed by atoms with Crippen molar-refractivity contribution in [2.24, 2.45) is 23.7 Å². The fourth-order valence-corrected chi connectivity index (χ4v) is 8.38. The summed E-state index contributed by atoms with van der Waals surface area (Å²) in [4.78, 5) is 14.0. The highest BCUT2D eigenvalue weighted by Gasteiger charge is 2.52. The van der Waals surface area contributed by atoms with Gasteiger partial charge in [0.05, 0.1) is 53.7 Å². The third-order valence-corrected chi connectivity index (χ3v) is 11.7. The van der Waals surface area contributed by atoms with Crippen LogP contribution in [0.5, 0.6) is 0 Å². The molecule has 3 aliphatic rings. The number of hydrogen-bond donors (Lipinski definition) is 6. The van der Waals surface area contributed by atoms with Crippen molar-refractivity contribution >= 4 is 5.97 Å². The van der Waals surface area contributed by atoms with Crippen LogP contribution in [-0.2, 0) is 33.2 Å². The Hall–Kier alpha value is -0.970. The lowest BCUT2D eigenvalue weighted by Crippen LogP contribution is -2.60. The van der Waals surface area contributed by atoms with Crippen molar-refractivity contribution in [1.29, 1.82) is 0 Å². The maximum absolute atomic E-state index is 14.0. The number of hydrogen-bond acceptors (Lipinski definition) is 13. The molecule has 0 amide bonds. The van der Waals surface area contributed by atoms with E-state index in [9.17, 15) is 30.3 Å². The molecule has 0 radical (unpaired) electrons. The van der Waals surface area contributed by atoms with Crippen molar-refractivity contribution < 1.29 is 58.7 Å². The van der Waals surface area contributed by atoms with Crippen LogP contribution in [0.3, 0.4) is 0 Å². The van der Waals surface area contributed by atoms with Crippen LogP contribution in [0.25, 0.3) is 0 Å². The minimum absolute atomic E-state index is 0.0494. The molecule has 0 bridgehead atoms. The number of ether oxygens (including phenoxy) is 6. The Morgan fingerprint density at radius 2 is 1.51 bits per heavy atom. The summed E-state index contributed by atoms with van der Waals surface area (Å²) in [6.07, 6.45) is -7.29. The monoisotopic (exact) mass is 705 g/mol. The van der Waals surface area contributed by atoms with Gasteiger partial charge in [0.1, 0.15) is 17.8 Å². The number of nitrogens with one attached hydrogen (secondary N) is 1. The molecular formula is C36H67NO12. The predicted octanol–water partition coefficient (Wildman–Crippen LogP) is 2.26. The van der Waals surface area contributed by atoms with Gasteiger partial charge in [-0.3, -0.25) is 4.79 Å². The Morgan fingerprint density at radius 1 is 0.878 bits per heavy atom. The summed E-state index contributed by atoms with van der Waals surface area (Å²) in [5.74, 6) is -3.75. The summed E-state index contributed by atoms with van der Waals surface area (Å²) >= 11 is 0. The second-order valence-corrected chi connectivity index (χ2v) is 16.0. The molecule has 3 saturated heterocycles. The first kappa shape index (κ1) is 42.4. The number of aliphatic hydroxyl groups excluding tert-OH is 3. The summed E-state index contributed by atoms with van der Waals surface area (Å²) in [5, 5.41) is 60.9. The minimum Gasteiger partial charge on any atom is -0.459 e. The van der Waals surface area contributed by atoms with E-state index in [0.29, 0.717) is 6.42 Å². The van der Waals surface area contributed by atoms with E-state index < -0.39 is 102 Å². The van der Waals surface area contributed by atoms with Crippen LogP contribution in [0.4, 0.5) is 0 Å². The fourth-order valence-electron chi connectivity index (χ4n) is 8.38. The molecule has 18 atom stereocenters. The van der Waals surface area contributed by atoms with Crippen molar-refractivity contribution in [3.8, 4) is 0 Å². The summed E-state index contributed by atoms with van der Waals surface area (Å²) < 4.78 is 37.4. The summed E-state index contributed by atoms with van der Waals surface area (Å²) in [7, 11) is 3.39. The molecule has 0 saturated carbocycles. The van der Waals surface area contributed by atoms with Crippen LogP contribution in [0, 0.1) is 23.7 Å². The van der Waals surface area contributed by atoms with Gasteiger partial charge in [-0.15, -0.1) is 0 Å². The largest absolute Gasteiger partial charge is 0.459 e. The highest BCUT2D eigenvalue weighted by Crippen LogP contribution is 2.41. The van der Waals surface area contributed by atoms with E-state index >= 15 is 0 Å². The lowest BCUT2D eigenvalue weighted by molar-refractivity contribution is -0.308. The lowest BCUT2D eigenvalue weighted by Gasteiger charge is -2.48. The summed E-state index contributed by atoms with van der Waals surface area (Å²) in [5.41, 5.74) is -4.51. The first-order valence-electron chi connectivity index (χ1n) is 18.2. The number of esters is 1. The normalized spacial score (nSPS) is 51.1. The molecule has 0 spiro atoms. The highest BCUT2D eigenvalue weighted by molar-refractivity contribution is 5.73. The molecule has 3 fully saturated rings. The van der Waals surface area contributed by atoms with Gasteiger partial charge >= 0.3 is 5.97 Å². The van der Waals surface area contributed by atoms with Crippen LogP contribution in [0.2, 0.25) is 0 Å². The van der Waals surface area contributed by atoms with E-state index in [1.54, 1.807) is 48.5 Å².